The number of nitrogens with one attached hydrogen (secondary N) is 1. The van der Waals surface area contributed by atoms with Gasteiger partial charge in [0.05, 0.1) is 35.0 Å². The van der Waals surface area contributed by atoms with Gasteiger partial charge in [0.15, 0.2) is 11.5 Å². The highest BCUT2D eigenvalue weighted by Crippen LogP contribution is 2.39. The molecular weight excluding hydrogens is 376 g/mol. The van der Waals surface area contributed by atoms with Crippen LogP contribution in [0.15, 0.2) is 30.3 Å². The Balaban J connectivity index is 1.92. The second kappa shape index (κ2) is 8.93. The van der Waals surface area contributed by atoms with Gasteiger partial charge in [0.1, 0.15) is 0 Å². The number of anilines is 1. The molecule has 0 aliphatic heterocycles. The quantitative estimate of drug-likeness (QED) is 0.573. The molecule has 0 atom stereocenters. The maximum Gasteiger partial charge on any atom is 0.255 e. The number of ether oxygens (including phenoxy) is 3. The molecule has 0 spiro atoms. The van der Waals surface area contributed by atoms with Gasteiger partial charge in [0.25, 0.3) is 5.91 Å². The first kappa shape index (κ1) is 19.9. The van der Waals surface area contributed by atoms with Crippen LogP contribution in [0.3, 0.4) is 0 Å². The molecule has 1 aromatic heterocycles. The van der Waals surface area contributed by atoms with Gasteiger partial charge in [-0.05, 0) is 58.0 Å². The molecule has 2 aromatic carbocycles. The van der Waals surface area contributed by atoms with Crippen LogP contribution in [0.4, 0.5) is 5.69 Å². The number of thiazole rings is 1. The lowest BCUT2D eigenvalue weighted by molar-refractivity contribution is 0.102. The van der Waals surface area contributed by atoms with E-state index in [-0.39, 0.29) is 5.91 Å². The van der Waals surface area contributed by atoms with Gasteiger partial charge in [-0.3, -0.25) is 4.79 Å². The van der Waals surface area contributed by atoms with Crippen LogP contribution in [-0.2, 0) is 0 Å². The molecule has 28 heavy (non-hydrogen) atoms. The third kappa shape index (κ3) is 4.36. The molecule has 3 aromatic rings. The van der Waals surface area contributed by atoms with Crippen LogP contribution in [0, 0.1) is 6.92 Å². The fourth-order valence-corrected chi connectivity index (χ4v) is 3.65. The van der Waals surface area contributed by atoms with Crippen molar-refractivity contribution in [3.05, 3.63) is 40.9 Å². The lowest BCUT2D eigenvalue weighted by atomic mass is 10.1. The molecule has 0 saturated heterocycles. The number of amides is 1. The predicted octanol–water partition coefficient (Wildman–Crippen LogP) is 5.05. The van der Waals surface area contributed by atoms with Gasteiger partial charge in [0.2, 0.25) is 5.75 Å². The van der Waals surface area contributed by atoms with Gasteiger partial charge in [-0.25, -0.2) is 4.98 Å². The minimum atomic E-state index is -0.253. The average Bonchev–Trinajstić information content (AvgIpc) is 3.03. The summed E-state index contributed by atoms with van der Waals surface area (Å²) >= 11 is 1.63. The molecule has 0 fully saturated rings. The molecule has 0 saturated carbocycles. The number of fused-ring (bicyclic) bond motifs is 1. The summed E-state index contributed by atoms with van der Waals surface area (Å²) < 4.78 is 18.1. The number of carbonyl (C=O) groups is 1. The Kier molecular flexibility index (Phi) is 6.36. The molecule has 1 N–H and O–H groups in total. The Labute approximate surface area is 168 Å². The molecule has 0 aliphatic carbocycles. The van der Waals surface area contributed by atoms with E-state index < -0.39 is 0 Å². The van der Waals surface area contributed by atoms with Crippen molar-refractivity contribution in [3.63, 3.8) is 0 Å². The molecule has 0 aliphatic rings. The van der Waals surface area contributed by atoms with Crippen LogP contribution in [0.1, 0.15) is 36.1 Å². The normalized spacial score (nSPS) is 10.7. The van der Waals surface area contributed by atoms with Crippen molar-refractivity contribution in [2.75, 3.05) is 25.1 Å². The molecule has 148 valence electrons. The summed E-state index contributed by atoms with van der Waals surface area (Å²) in [6, 6.07) is 9.07. The van der Waals surface area contributed by atoms with Crippen LogP contribution in [0.25, 0.3) is 10.2 Å². The molecular formula is C21H24N2O4S. The highest BCUT2D eigenvalue weighted by atomic mass is 32.1. The number of aromatic nitrogens is 1. The van der Waals surface area contributed by atoms with Gasteiger partial charge in [-0.15, -0.1) is 11.3 Å². The number of carbonyl (C=O) groups excluding carboxylic acids is 1. The Hall–Kier alpha value is -2.80. The molecule has 6 nitrogen and oxygen atoms in total. The zero-order valence-corrected chi connectivity index (χ0v) is 17.3. The number of hydrogen-bond acceptors (Lipinski definition) is 6. The van der Waals surface area contributed by atoms with Crippen molar-refractivity contribution >= 4 is 33.1 Å². The average molecular weight is 401 g/mol. The van der Waals surface area contributed by atoms with Crippen LogP contribution in [0.5, 0.6) is 17.2 Å². The Morgan fingerprint density at radius 2 is 1.64 bits per heavy atom. The summed E-state index contributed by atoms with van der Waals surface area (Å²) in [5, 5.41) is 3.92. The summed E-state index contributed by atoms with van der Waals surface area (Å²) in [6.07, 6.45) is 0. The topological polar surface area (TPSA) is 69.7 Å². The molecule has 0 unspecified atom stereocenters. The Morgan fingerprint density at radius 3 is 2.25 bits per heavy atom. The molecule has 0 bridgehead atoms. The van der Waals surface area contributed by atoms with E-state index in [0.29, 0.717) is 48.3 Å². The first-order chi connectivity index (χ1) is 13.5. The number of rotatable bonds is 8. The number of nitrogens with zero attached hydrogens (tertiary/aromatic N) is 1. The summed E-state index contributed by atoms with van der Waals surface area (Å²) in [7, 11) is 0. The molecule has 1 amide bonds. The third-order valence-corrected chi connectivity index (χ3v) is 4.88. The van der Waals surface area contributed by atoms with E-state index in [4.69, 9.17) is 14.2 Å². The first-order valence-corrected chi connectivity index (χ1v) is 10.1. The number of aryl methyl sites for hydroxylation is 1. The molecule has 1 heterocycles. The van der Waals surface area contributed by atoms with E-state index in [1.165, 1.54) is 0 Å². The third-order valence-electron chi connectivity index (χ3n) is 3.92. The summed E-state index contributed by atoms with van der Waals surface area (Å²) in [4.78, 5) is 17.3. The fraction of sp³-hybridized carbons (Fsp3) is 0.333. The Morgan fingerprint density at radius 1 is 1.00 bits per heavy atom. The SMILES string of the molecule is CCOc1cc(C(=O)Nc2ccc3sc(C)nc3c2)cc(OCC)c1OCC. The molecule has 7 heteroatoms. The predicted molar refractivity (Wildman–Crippen MR) is 112 cm³/mol. The van der Waals surface area contributed by atoms with E-state index in [1.807, 2.05) is 45.9 Å². The van der Waals surface area contributed by atoms with E-state index in [2.05, 4.69) is 10.3 Å². The maximum atomic E-state index is 12.9. The number of benzene rings is 2. The monoisotopic (exact) mass is 400 g/mol. The van der Waals surface area contributed by atoms with Crippen LogP contribution in [0.2, 0.25) is 0 Å². The molecule has 3 rings (SSSR count). The lowest BCUT2D eigenvalue weighted by Crippen LogP contribution is -2.13. The van der Waals surface area contributed by atoms with Gasteiger partial charge in [0, 0.05) is 11.3 Å². The highest BCUT2D eigenvalue weighted by molar-refractivity contribution is 7.18. The van der Waals surface area contributed by atoms with E-state index in [0.717, 1.165) is 15.2 Å². The summed E-state index contributed by atoms with van der Waals surface area (Å²) in [6.45, 7) is 9.00. The summed E-state index contributed by atoms with van der Waals surface area (Å²) in [5.41, 5.74) is 1.99. The fourth-order valence-electron chi connectivity index (χ4n) is 2.84. The van der Waals surface area contributed by atoms with Crippen molar-refractivity contribution in [2.45, 2.75) is 27.7 Å². The van der Waals surface area contributed by atoms with Gasteiger partial charge in [-0.1, -0.05) is 0 Å². The first-order valence-electron chi connectivity index (χ1n) is 9.30. The van der Waals surface area contributed by atoms with Crippen molar-refractivity contribution in [3.8, 4) is 17.2 Å². The zero-order valence-electron chi connectivity index (χ0n) is 16.5. The largest absolute Gasteiger partial charge is 0.490 e. The maximum absolute atomic E-state index is 12.9. The standard InChI is InChI=1S/C21H24N2O4S/c1-5-25-17-10-14(11-18(26-6-2)20(17)27-7-3)21(24)23-15-8-9-19-16(12-15)22-13(4)28-19/h8-12H,5-7H2,1-4H3,(H,23,24). The highest BCUT2D eigenvalue weighted by Gasteiger charge is 2.18. The smallest absolute Gasteiger partial charge is 0.255 e. The van der Waals surface area contributed by atoms with E-state index in [1.54, 1.807) is 23.5 Å². The van der Waals surface area contributed by atoms with Crippen molar-refractivity contribution in [1.82, 2.24) is 4.98 Å². The second-order valence-electron chi connectivity index (χ2n) is 5.97. The minimum Gasteiger partial charge on any atom is -0.490 e. The van der Waals surface area contributed by atoms with Gasteiger partial charge < -0.3 is 19.5 Å². The van der Waals surface area contributed by atoms with Crippen molar-refractivity contribution in [1.29, 1.82) is 0 Å². The number of hydrogen-bond donors (Lipinski definition) is 1. The van der Waals surface area contributed by atoms with Crippen molar-refractivity contribution in [2.24, 2.45) is 0 Å². The lowest BCUT2D eigenvalue weighted by Gasteiger charge is -2.17. The summed E-state index contributed by atoms with van der Waals surface area (Å²) in [5.74, 6) is 1.25. The van der Waals surface area contributed by atoms with Gasteiger partial charge in [-0.2, -0.15) is 0 Å². The van der Waals surface area contributed by atoms with E-state index >= 15 is 0 Å². The second-order valence-corrected chi connectivity index (χ2v) is 7.20. The van der Waals surface area contributed by atoms with E-state index in [9.17, 15) is 4.79 Å². The Bertz CT molecular complexity index is 957. The molecule has 0 radical (unpaired) electrons. The minimum absolute atomic E-state index is 0.253. The van der Waals surface area contributed by atoms with Gasteiger partial charge >= 0.3 is 0 Å². The van der Waals surface area contributed by atoms with Crippen LogP contribution in [-0.4, -0.2) is 30.7 Å². The van der Waals surface area contributed by atoms with Crippen molar-refractivity contribution < 1.29 is 19.0 Å². The zero-order chi connectivity index (χ0) is 20.1. The van der Waals surface area contributed by atoms with Crippen LogP contribution < -0.4 is 19.5 Å². The van der Waals surface area contributed by atoms with Crippen LogP contribution >= 0.6 is 11.3 Å².